The first-order valence-electron chi connectivity index (χ1n) is 8.32. The Bertz CT molecular complexity index is 771. The van der Waals surface area contributed by atoms with Gasteiger partial charge in [0.2, 0.25) is 5.91 Å². The van der Waals surface area contributed by atoms with Gasteiger partial charge in [0, 0.05) is 19.3 Å². The summed E-state index contributed by atoms with van der Waals surface area (Å²) in [6, 6.07) is 4.88. The van der Waals surface area contributed by atoms with Crippen molar-refractivity contribution in [1.29, 1.82) is 0 Å². The Morgan fingerprint density at radius 1 is 1.44 bits per heavy atom. The maximum absolute atomic E-state index is 13.0. The Kier molecular flexibility index (Phi) is 4.69. The second-order valence-corrected chi connectivity index (χ2v) is 6.48. The van der Waals surface area contributed by atoms with Crippen molar-refractivity contribution in [3.05, 3.63) is 36.2 Å². The van der Waals surface area contributed by atoms with Crippen LogP contribution in [-0.2, 0) is 4.79 Å². The van der Waals surface area contributed by atoms with Gasteiger partial charge in [0.15, 0.2) is 5.82 Å². The molecule has 1 atom stereocenters. The van der Waals surface area contributed by atoms with Crippen molar-refractivity contribution in [2.45, 2.75) is 26.3 Å². The maximum atomic E-state index is 13.0. The van der Waals surface area contributed by atoms with Gasteiger partial charge in [-0.3, -0.25) is 9.59 Å². The van der Waals surface area contributed by atoms with Crippen LogP contribution in [-0.4, -0.2) is 50.6 Å². The number of rotatable bonds is 4. The predicted molar refractivity (Wildman–Crippen MR) is 93.1 cm³/mol. The van der Waals surface area contributed by atoms with Crippen LogP contribution in [0.2, 0.25) is 0 Å². The fourth-order valence-corrected chi connectivity index (χ4v) is 2.98. The van der Waals surface area contributed by atoms with Gasteiger partial charge in [-0.1, -0.05) is 19.9 Å². The van der Waals surface area contributed by atoms with E-state index in [4.69, 9.17) is 5.73 Å². The van der Waals surface area contributed by atoms with Gasteiger partial charge in [-0.05, 0) is 24.5 Å². The molecule has 2 aromatic heterocycles. The second kappa shape index (κ2) is 6.92. The molecule has 3 rings (SSSR count). The number of carbonyl (C=O) groups is 2. The largest absolute Gasteiger partial charge is 0.383 e. The number of hydrogen-bond donors (Lipinski definition) is 2. The van der Waals surface area contributed by atoms with E-state index < -0.39 is 6.04 Å². The number of nitrogen functional groups attached to an aromatic ring is 1. The Labute approximate surface area is 146 Å². The van der Waals surface area contributed by atoms with E-state index >= 15 is 0 Å². The SMILES string of the molecule is CC(C)C[C@H]1C(=O)NCCN1C(=O)c1cnn(-c2ccccn2)c1N. The lowest BCUT2D eigenvalue weighted by molar-refractivity contribution is -0.128. The average molecular weight is 342 g/mol. The third kappa shape index (κ3) is 3.33. The molecule has 2 amide bonds. The summed E-state index contributed by atoms with van der Waals surface area (Å²) in [6.07, 6.45) is 3.67. The summed E-state index contributed by atoms with van der Waals surface area (Å²) in [5, 5.41) is 7.01. The minimum Gasteiger partial charge on any atom is -0.383 e. The number of pyridine rings is 1. The molecule has 8 nitrogen and oxygen atoms in total. The first-order chi connectivity index (χ1) is 12.0. The molecule has 25 heavy (non-hydrogen) atoms. The van der Waals surface area contributed by atoms with Crippen LogP contribution in [0.1, 0.15) is 30.6 Å². The lowest BCUT2D eigenvalue weighted by Gasteiger charge is -2.35. The minimum atomic E-state index is -0.487. The molecule has 0 aromatic carbocycles. The van der Waals surface area contributed by atoms with Crippen molar-refractivity contribution < 1.29 is 9.59 Å². The molecule has 0 bridgehead atoms. The Morgan fingerprint density at radius 3 is 2.92 bits per heavy atom. The van der Waals surface area contributed by atoms with E-state index in [1.54, 1.807) is 23.2 Å². The Hall–Kier alpha value is -2.90. The Balaban J connectivity index is 1.90. The van der Waals surface area contributed by atoms with E-state index in [9.17, 15) is 9.59 Å². The first kappa shape index (κ1) is 16.9. The van der Waals surface area contributed by atoms with Crippen molar-refractivity contribution in [3.8, 4) is 5.82 Å². The van der Waals surface area contributed by atoms with Gasteiger partial charge >= 0.3 is 0 Å². The van der Waals surface area contributed by atoms with Crippen LogP contribution in [0, 0.1) is 5.92 Å². The number of aromatic nitrogens is 3. The molecule has 1 fully saturated rings. The molecule has 2 aromatic rings. The fraction of sp³-hybridized carbons (Fsp3) is 0.412. The molecule has 0 saturated carbocycles. The maximum Gasteiger partial charge on any atom is 0.259 e. The number of piperazine rings is 1. The standard InChI is InChI=1S/C17H22N6O2/c1-11(2)9-13-16(24)20-7-8-22(13)17(25)12-10-21-23(15(12)18)14-5-3-4-6-19-14/h3-6,10-11,13H,7-9,18H2,1-2H3,(H,20,24)/t13-/m0/s1. The molecule has 3 N–H and O–H groups in total. The van der Waals surface area contributed by atoms with Crippen molar-refractivity contribution in [3.63, 3.8) is 0 Å². The molecule has 0 radical (unpaired) electrons. The molecule has 1 aliphatic heterocycles. The highest BCUT2D eigenvalue weighted by Crippen LogP contribution is 2.22. The molecule has 1 saturated heterocycles. The first-order valence-corrected chi connectivity index (χ1v) is 8.32. The van der Waals surface area contributed by atoms with E-state index in [1.165, 1.54) is 10.9 Å². The topological polar surface area (TPSA) is 106 Å². The van der Waals surface area contributed by atoms with Crippen molar-refractivity contribution in [2.75, 3.05) is 18.8 Å². The van der Waals surface area contributed by atoms with Gasteiger partial charge in [0.25, 0.3) is 5.91 Å². The highest BCUT2D eigenvalue weighted by molar-refractivity contribution is 6.01. The van der Waals surface area contributed by atoms with Crippen LogP contribution in [0.25, 0.3) is 5.82 Å². The van der Waals surface area contributed by atoms with E-state index in [2.05, 4.69) is 15.4 Å². The normalized spacial score (nSPS) is 17.6. The molecule has 0 aliphatic carbocycles. The van der Waals surface area contributed by atoms with Gasteiger partial charge in [0.1, 0.15) is 17.4 Å². The summed E-state index contributed by atoms with van der Waals surface area (Å²) >= 11 is 0. The molecule has 1 aliphatic rings. The number of nitrogens with one attached hydrogen (secondary N) is 1. The number of nitrogens with two attached hydrogens (primary N) is 1. The molecule has 0 unspecified atom stereocenters. The van der Waals surface area contributed by atoms with Crippen molar-refractivity contribution >= 4 is 17.6 Å². The van der Waals surface area contributed by atoms with E-state index in [1.807, 2.05) is 19.9 Å². The molecule has 0 spiro atoms. The van der Waals surface area contributed by atoms with Gasteiger partial charge in [0.05, 0.1) is 6.20 Å². The Morgan fingerprint density at radius 2 is 2.24 bits per heavy atom. The smallest absolute Gasteiger partial charge is 0.259 e. The third-order valence-corrected chi connectivity index (χ3v) is 4.19. The van der Waals surface area contributed by atoms with E-state index in [0.717, 1.165) is 0 Å². The van der Waals surface area contributed by atoms with Crippen LogP contribution in [0.15, 0.2) is 30.6 Å². The van der Waals surface area contributed by atoms with Gasteiger partial charge in [-0.2, -0.15) is 9.78 Å². The highest BCUT2D eigenvalue weighted by atomic mass is 16.2. The van der Waals surface area contributed by atoms with Gasteiger partial charge < -0.3 is 16.0 Å². The predicted octanol–water partition coefficient (Wildman–Crippen LogP) is 0.836. The minimum absolute atomic E-state index is 0.121. The zero-order chi connectivity index (χ0) is 18.0. The number of amides is 2. The molecule has 3 heterocycles. The van der Waals surface area contributed by atoms with Crippen molar-refractivity contribution in [1.82, 2.24) is 25.0 Å². The van der Waals surface area contributed by atoms with Crippen LogP contribution >= 0.6 is 0 Å². The number of hydrogen-bond acceptors (Lipinski definition) is 5. The van der Waals surface area contributed by atoms with E-state index in [0.29, 0.717) is 25.3 Å². The summed E-state index contributed by atoms with van der Waals surface area (Å²) in [6.45, 7) is 4.94. The zero-order valence-electron chi connectivity index (χ0n) is 14.3. The van der Waals surface area contributed by atoms with Crippen LogP contribution in [0.3, 0.4) is 0 Å². The fourth-order valence-electron chi connectivity index (χ4n) is 2.98. The number of anilines is 1. The van der Waals surface area contributed by atoms with Gasteiger partial charge in [-0.15, -0.1) is 0 Å². The average Bonchev–Trinajstić information content (AvgIpc) is 2.98. The third-order valence-electron chi connectivity index (χ3n) is 4.19. The summed E-state index contributed by atoms with van der Waals surface area (Å²) in [7, 11) is 0. The molecular formula is C17H22N6O2. The molecular weight excluding hydrogens is 320 g/mol. The second-order valence-electron chi connectivity index (χ2n) is 6.48. The number of carbonyl (C=O) groups excluding carboxylic acids is 2. The van der Waals surface area contributed by atoms with Gasteiger partial charge in [-0.25, -0.2) is 4.98 Å². The summed E-state index contributed by atoms with van der Waals surface area (Å²) in [5.74, 6) is 0.647. The molecule has 132 valence electrons. The summed E-state index contributed by atoms with van der Waals surface area (Å²) < 4.78 is 1.43. The van der Waals surface area contributed by atoms with E-state index in [-0.39, 0.29) is 29.1 Å². The highest BCUT2D eigenvalue weighted by Gasteiger charge is 2.35. The van der Waals surface area contributed by atoms with Crippen LogP contribution < -0.4 is 11.1 Å². The lowest BCUT2D eigenvalue weighted by Crippen LogP contribution is -2.57. The number of nitrogens with zero attached hydrogens (tertiary/aromatic N) is 4. The molecule has 8 heteroatoms. The summed E-state index contributed by atoms with van der Waals surface area (Å²) in [5.41, 5.74) is 6.42. The quantitative estimate of drug-likeness (QED) is 0.856. The monoisotopic (exact) mass is 342 g/mol. The van der Waals surface area contributed by atoms with Crippen LogP contribution in [0.4, 0.5) is 5.82 Å². The van der Waals surface area contributed by atoms with Crippen LogP contribution in [0.5, 0.6) is 0 Å². The lowest BCUT2D eigenvalue weighted by atomic mass is 9.99. The zero-order valence-corrected chi connectivity index (χ0v) is 14.3. The summed E-state index contributed by atoms with van der Waals surface area (Å²) in [4.78, 5) is 31.0. The van der Waals surface area contributed by atoms with Crippen molar-refractivity contribution in [2.24, 2.45) is 5.92 Å².